The monoisotopic (exact) mass is 281 g/mol. The van der Waals surface area contributed by atoms with Crippen LogP contribution >= 0.6 is 0 Å². The van der Waals surface area contributed by atoms with Crippen molar-refractivity contribution in [2.45, 2.75) is 33.7 Å². The van der Waals surface area contributed by atoms with Gasteiger partial charge in [0.25, 0.3) is 0 Å². The second-order valence-electron chi connectivity index (χ2n) is 5.71. The zero-order valence-electron chi connectivity index (χ0n) is 12.1. The predicted octanol–water partition coefficient (Wildman–Crippen LogP) is 2.10. The van der Waals surface area contributed by atoms with Crippen LogP contribution in [0.4, 0.5) is 15.8 Å². The number of carbonyl (C=O) groups is 2. The van der Waals surface area contributed by atoms with Gasteiger partial charge in [-0.2, -0.15) is 0 Å². The molecule has 1 atom stereocenters. The van der Waals surface area contributed by atoms with Crippen LogP contribution in [0.5, 0.6) is 0 Å². The second kappa shape index (κ2) is 6.00. The van der Waals surface area contributed by atoms with Gasteiger partial charge in [-0.15, -0.1) is 0 Å². The summed E-state index contributed by atoms with van der Waals surface area (Å²) < 4.78 is 13.5. The Morgan fingerprint density at radius 3 is 2.35 bits per heavy atom. The lowest BCUT2D eigenvalue weighted by atomic mass is 9.87. The average molecular weight is 281 g/mol. The van der Waals surface area contributed by atoms with Gasteiger partial charge in [0.15, 0.2) is 0 Å². The van der Waals surface area contributed by atoms with Crippen LogP contribution in [-0.2, 0) is 9.59 Å². The molecule has 0 spiro atoms. The van der Waals surface area contributed by atoms with Gasteiger partial charge in [-0.3, -0.25) is 9.59 Å². The van der Waals surface area contributed by atoms with E-state index in [1.54, 1.807) is 0 Å². The standard InChI is InChI=1S/C14H20FN3O2/c1-8(19)17-11-7-9(5-6-10(11)15)18-13(20)12(16)14(2,3)4/h5-7,12H,16H2,1-4H3,(H,17,19)(H,18,20)/t12-/m0/s1. The molecule has 0 heterocycles. The summed E-state index contributed by atoms with van der Waals surface area (Å²) in [6.45, 7) is 6.83. The molecule has 0 saturated heterocycles. The Morgan fingerprint density at radius 2 is 1.85 bits per heavy atom. The fraction of sp³-hybridized carbons (Fsp3) is 0.429. The molecular weight excluding hydrogens is 261 g/mol. The molecule has 2 amide bonds. The van der Waals surface area contributed by atoms with Crippen molar-refractivity contribution in [3.8, 4) is 0 Å². The van der Waals surface area contributed by atoms with Crippen molar-refractivity contribution in [3.63, 3.8) is 0 Å². The molecule has 0 radical (unpaired) electrons. The van der Waals surface area contributed by atoms with Crippen molar-refractivity contribution in [2.24, 2.45) is 11.1 Å². The molecule has 0 fully saturated rings. The van der Waals surface area contributed by atoms with E-state index in [1.165, 1.54) is 25.1 Å². The highest BCUT2D eigenvalue weighted by molar-refractivity contribution is 5.96. The second-order valence-corrected chi connectivity index (χ2v) is 5.71. The summed E-state index contributed by atoms with van der Waals surface area (Å²) in [4.78, 5) is 22.9. The third-order valence-corrected chi connectivity index (χ3v) is 2.76. The Morgan fingerprint density at radius 1 is 1.25 bits per heavy atom. The van der Waals surface area contributed by atoms with E-state index in [-0.39, 0.29) is 17.0 Å². The summed E-state index contributed by atoms with van der Waals surface area (Å²) in [5.74, 6) is -1.32. The van der Waals surface area contributed by atoms with E-state index in [2.05, 4.69) is 10.6 Å². The fourth-order valence-electron chi connectivity index (χ4n) is 1.50. The van der Waals surface area contributed by atoms with Gasteiger partial charge in [-0.25, -0.2) is 4.39 Å². The third kappa shape index (κ3) is 4.31. The summed E-state index contributed by atoms with van der Waals surface area (Å²) in [6.07, 6.45) is 0. The minimum absolute atomic E-state index is 0.0135. The molecule has 0 aliphatic heterocycles. The van der Waals surface area contributed by atoms with Gasteiger partial charge in [-0.1, -0.05) is 20.8 Å². The van der Waals surface area contributed by atoms with Crippen LogP contribution in [0, 0.1) is 11.2 Å². The number of nitrogens with two attached hydrogens (primary N) is 1. The van der Waals surface area contributed by atoms with Crippen LogP contribution in [0.2, 0.25) is 0 Å². The lowest BCUT2D eigenvalue weighted by Crippen LogP contribution is -2.45. The van der Waals surface area contributed by atoms with E-state index in [0.717, 1.165) is 0 Å². The molecule has 110 valence electrons. The van der Waals surface area contributed by atoms with Crippen LogP contribution in [0.1, 0.15) is 27.7 Å². The highest BCUT2D eigenvalue weighted by Crippen LogP contribution is 2.22. The minimum Gasteiger partial charge on any atom is -0.325 e. The molecule has 0 aromatic heterocycles. The maximum absolute atomic E-state index is 13.5. The number of hydrogen-bond acceptors (Lipinski definition) is 3. The summed E-state index contributed by atoms with van der Waals surface area (Å²) >= 11 is 0. The topological polar surface area (TPSA) is 84.2 Å². The van der Waals surface area contributed by atoms with Crippen molar-refractivity contribution >= 4 is 23.2 Å². The minimum atomic E-state index is -0.697. The molecule has 6 heteroatoms. The molecule has 1 aromatic rings. The highest BCUT2D eigenvalue weighted by Gasteiger charge is 2.27. The summed E-state index contributed by atoms with van der Waals surface area (Å²) in [7, 11) is 0. The largest absolute Gasteiger partial charge is 0.325 e. The molecule has 0 bridgehead atoms. The Kier molecular flexibility index (Phi) is 4.83. The first-order valence-corrected chi connectivity index (χ1v) is 6.25. The van der Waals surface area contributed by atoms with Crippen LogP contribution < -0.4 is 16.4 Å². The first-order chi connectivity index (χ1) is 9.11. The Bertz CT molecular complexity index is 524. The van der Waals surface area contributed by atoms with Crippen LogP contribution in [-0.4, -0.2) is 17.9 Å². The van der Waals surface area contributed by atoms with Crippen LogP contribution in [0.15, 0.2) is 18.2 Å². The number of hydrogen-bond donors (Lipinski definition) is 3. The smallest absolute Gasteiger partial charge is 0.241 e. The summed E-state index contributed by atoms with van der Waals surface area (Å²) in [5.41, 5.74) is 5.84. The predicted molar refractivity (Wildman–Crippen MR) is 76.8 cm³/mol. The summed E-state index contributed by atoms with van der Waals surface area (Å²) in [5, 5.41) is 4.96. The van der Waals surface area contributed by atoms with Gasteiger partial charge < -0.3 is 16.4 Å². The average Bonchev–Trinajstić information content (AvgIpc) is 2.30. The molecule has 0 aliphatic carbocycles. The number of carbonyl (C=O) groups excluding carboxylic acids is 2. The van der Waals surface area contributed by atoms with Gasteiger partial charge in [0.2, 0.25) is 11.8 Å². The van der Waals surface area contributed by atoms with Gasteiger partial charge in [0.1, 0.15) is 5.82 Å². The lowest BCUT2D eigenvalue weighted by molar-refractivity contribution is -0.119. The van der Waals surface area contributed by atoms with Crippen LogP contribution in [0.3, 0.4) is 0 Å². The van der Waals surface area contributed by atoms with E-state index in [9.17, 15) is 14.0 Å². The SMILES string of the molecule is CC(=O)Nc1cc(NC(=O)[C@H](N)C(C)(C)C)ccc1F. The lowest BCUT2D eigenvalue weighted by Gasteiger charge is -2.25. The number of nitrogens with one attached hydrogen (secondary N) is 2. The van der Waals surface area contributed by atoms with E-state index >= 15 is 0 Å². The third-order valence-electron chi connectivity index (χ3n) is 2.76. The first-order valence-electron chi connectivity index (χ1n) is 6.25. The van der Waals surface area contributed by atoms with Gasteiger partial charge in [-0.05, 0) is 23.6 Å². The van der Waals surface area contributed by atoms with Gasteiger partial charge >= 0.3 is 0 Å². The maximum Gasteiger partial charge on any atom is 0.241 e. The zero-order chi connectivity index (χ0) is 15.5. The molecule has 20 heavy (non-hydrogen) atoms. The Balaban J connectivity index is 2.88. The van der Waals surface area contributed by atoms with E-state index in [0.29, 0.717) is 5.69 Å². The number of rotatable bonds is 3. The maximum atomic E-state index is 13.5. The molecule has 0 unspecified atom stereocenters. The van der Waals surface area contributed by atoms with Crippen molar-refractivity contribution in [1.82, 2.24) is 0 Å². The van der Waals surface area contributed by atoms with Gasteiger partial charge in [0, 0.05) is 12.6 Å². The highest BCUT2D eigenvalue weighted by atomic mass is 19.1. The van der Waals surface area contributed by atoms with E-state index in [1.807, 2.05) is 20.8 Å². The molecule has 1 aromatic carbocycles. The molecule has 0 aliphatic rings. The molecular formula is C14H20FN3O2. The number of benzene rings is 1. The summed E-state index contributed by atoms with van der Waals surface area (Å²) in [6, 6.07) is 3.23. The quantitative estimate of drug-likeness (QED) is 0.793. The normalized spacial score (nSPS) is 12.7. The molecule has 0 saturated carbocycles. The molecule has 5 nitrogen and oxygen atoms in total. The molecule has 1 rings (SSSR count). The van der Waals surface area contributed by atoms with Crippen molar-refractivity contribution in [2.75, 3.05) is 10.6 Å². The first kappa shape index (κ1) is 16.1. The molecule has 4 N–H and O–H groups in total. The van der Waals surface area contributed by atoms with Crippen molar-refractivity contribution < 1.29 is 14.0 Å². The van der Waals surface area contributed by atoms with Crippen molar-refractivity contribution in [3.05, 3.63) is 24.0 Å². The van der Waals surface area contributed by atoms with Crippen molar-refractivity contribution in [1.29, 1.82) is 0 Å². The number of anilines is 2. The number of halogens is 1. The Hall–Kier alpha value is -1.95. The van der Waals surface area contributed by atoms with E-state index < -0.39 is 17.8 Å². The van der Waals surface area contributed by atoms with Crippen LogP contribution in [0.25, 0.3) is 0 Å². The zero-order valence-corrected chi connectivity index (χ0v) is 12.1. The number of amides is 2. The Labute approximate surface area is 117 Å². The van der Waals surface area contributed by atoms with E-state index in [4.69, 9.17) is 5.73 Å². The van der Waals surface area contributed by atoms with Gasteiger partial charge in [0.05, 0.1) is 11.7 Å². The fourth-order valence-corrected chi connectivity index (χ4v) is 1.50.